The highest BCUT2D eigenvalue weighted by molar-refractivity contribution is 5.42. The van der Waals surface area contributed by atoms with E-state index in [1.165, 1.54) is 4.68 Å². The molecule has 2 aromatic heterocycles. The van der Waals surface area contributed by atoms with Crippen LogP contribution in [0, 0.1) is 5.92 Å². The number of aromatic nitrogens is 4. The molecule has 0 bridgehead atoms. The molecule has 2 aliphatic rings. The fraction of sp³-hybridized carbons (Fsp3) is 0.682. The first-order valence-corrected chi connectivity index (χ1v) is 11.2. The Bertz CT molecular complexity index is 876. The van der Waals surface area contributed by atoms with Crippen LogP contribution in [0.15, 0.2) is 18.5 Å². The van der Waals surface area contributed by atoms with Gasteiger partial charge >= 0.3 is 6.18 Å². The van der Waals surface area contributed by atoms with Gasteiger partial charge in [-0.2, -0.15) is 18.3 Å². The van der Waals surface area contributed by atoms with Crippen molar-refractivity contribution in [2.45, 2.75) is 83.7 Å². The summed E-state index contributed by atoms with van der Waals surface area (Å²) in [5.74, 6) is 1.39. The molecule has 0 amide bonds. The average molecular weight is 437 g/mol. The number of nitrogens with one attached hydrogen (secondary N) is 1. The zero-order valence-corrected chi connectivity index (χ0v) is 18.4. The van der Waals surface area contributed by atoms with Crippen molar-refractivity contribution in [2.75, 3.05) is 11.9 Å². The lowest BCUT2D eigenvalue weighted by Gasteiger charge is -2.35. The van der Waals surface area contributed by atoms with E-state index < -0.39 is 12.2 Å². The molecule has 1 fully saturated rings. The highest BCUT2D eigenvalue weighted by Crippen LogP contribution is 2.42. The molecule has 0 aromatic carbocycles. The van der Waals surface area contributed by atoms with Gasteiger partial charge in [-0.15, -0.1) is 0 Å². The summed E-state index contributed by atoms with van der Waals surface area (Å²) in [4.78, 5) is 11.1. The van der Waals surface area contributed by atoms with Crippen LogP contribution >= 0.6 is 0 Å². The number of hydrogen-bond acceptors (Lipinski definition) is 5. The molecule has 9 heteroatoms. The zero-order chi connectivity index (χ0) is 22.2. The minimum atomic E-state index is -4.32. The number of rotatable bonds is 5. The van der Waals surface area contributed by atoms with Gasteiger partial charge in [0.05, 0.1) is 11.7 Å². The minimum absolute atomic E-state index is 0.00475. The molecule has 0 radical (unpaired) electrons. The smallest absolute Gasteiger partial charge is 0.367 e. The molecule has 2 aliphatic heterocycles. The molecule has 6 nitrogen and oxygen atoms in total. The molecule has 2 aromatic rings. The van der Waals surface area contributed by atoms with Gasteiger partial charge in [0, 0.05) is 43.0 Å². The maximum absolute atomic E-state index is 13.8. The van der Waals surface area contributed by atoms with Gasteiger partial charge in [-0.3, -0.25) is 4.90 Å². The van der Waals surface area contributed by atoms with E-state index in [-0.39, 0.29) is 24.4 Å². The SMILES string of the molecule is CCc1ncc(CN2CCCC[C@H]2c2cc3n(n2)[C@@H](C(F)(F)F)C[C@@H](C(C)C)N3)cn1. The summed E-state index contributed by atoms with van der Waals surface area (Å²) in [6.45, 7) is 7.47. The van der Waals surface area contributed by atoms with Crippen LogP contribution < -0.4 is 5.32 Å². The Labute approximate surface area is 181 Å². The van der Waals surface area contributed by atoms with E-state index in [0.717, 1.165) is 43.6 Å². The van der Waals surface area contributed by atoms with Gasteiger partial charge in [-0.1, -0.05) is 27.2 Å². The van der Waals surface area contributed by atoms with Crippen LogP contribution in [-0.2, 0) is 13.0 Å². The summed E-state index contributed by atoms with van der Waals surface area (Å²) in [5.41, 5.74) is 1.73. The van der Waals surface area contributed by atoms with Gasteiger partial charge < -0.3 is 5.32 Å². The number of aryl methyl sites for hydroxylation is 1. The Hall–Kier alpha value is -2.16. The monoisotopic (exact) mass is 436 g/mol. The van der Waals surface area contributed by atoms with Gasteiger partial charge in [0.25, 0.3) is 0 Å². The summed E-state index contributed by atoms with van der Waals surface area (Å²) in [7, 11) is 0. The van der Waals surface area contributed by atoms with Crippen molar-refractivity contribution in [1.29, 1.82) is 0 Å². The highest BCUT2D eigenvalue weighted by Gasteiger charge is 2.47. The first-order chi connectivity index (χ1) is 14.8. The van der Waals surface area contributed by atoms with Crippen LogP contribution in [0.4, 0.5) is 19.0 Å². The second kappa shape index (κ2) is 8.76. The quantitative estimate of drug-likeness (QED) is 0.722. The topological polar surface area (TPSA) is 58.9 Å². The predicted octanol–water partition coefficient (Wildman–Crippen LogP) is 4.91. The third-order valence-corrected chi connectivity index (χ3v) is 6.46. The van der Waals surface area contributed by atoms with E-state index in [1.807, 2.05) is 39.2 Å². The number of anilines is 1. The minimum Gasteiger partial charge on any atom is -0.367 e. The summed E-state index contributed by atoms with van der Waals surface area (Å²) in [5, 5.41) is 7.79. The third kappa shape index (κ3) is 4.71. The summed E-state index contributed by atoms with van der Waals surface area (Å²) >= 11 is 0. The Morgan fingerprint density at radius 1 is 1.19 bits per heavy atom. The van der Waals surface area contributed by atoms with Crippen molar-refractivity contribution in [3.63, 3.8) is 0 Å². The maximum atomic E-state index is 13.8. The van der Waals surface area contributed by atoms with Crippen molar-refractivity contribution in [1.82, 2.24) is 24.6 Å². The van der Waals surface area contributed by atoms with E-state index >= 15 is 0 Å². The third-order valence-electron chi connectivity index (χ3n) is 6.46. The normalized spacial score (nSPS) is 24.8. The van der Waals surface area contributed by atoms with Crippen molar-refractivity contribution >= 4 is 5.82 Å². The first kappa shape index (κ1) is 22.0. The van der Waals surface area contributed by atoms with Gasteiger partial charge in [-0.05, 0) is 31.7 Å². The Morgan fingerprint density at radius 3 is 2.58 bits per heavy atom. The summed E-state index contributed by atoms with van der Waals surface area (Å²) in [6.07, 6.45) is 3.17. The molecule has 3 atom stereocenters. The number of likely N-dealkylation sites (tertiary alicyclic amines) is 1. The average Bonchev–Trinajstić information content (AvgIpc) is 3.17. The lowest BCUT2D eigenvalue weighted by atomic mass is 9.94. The van der Waals surface area contributed by atoms with Crippen molar-refractivity contribution in [3.8, 4) is 0 Å². The number of nitrogens with zero attached hydrogens (tertiary/aromatic N) is 5. The fourth-order valence-corrected chi connectivity index (χ4v) is 4.62. The molecule has 4 rings (SSSR count). The Kier molecular flexibility index (Phi) is 6.23. The largest absolute Gasteiger partial charge is 0.410 e. The van der Waals surface area contributed by atoms with E-state index in [9.17, 15) is 13.2 Å². The molecule has 0 unspecified atom stereocenters. The number of piperidine rings is 1. The molecule has 0 spiro atoms. The highest BCUT2D eigenvalue weighted by atomic mass is 19.4. The van der Waals surface area contributed by atoms with Gasteiger partial charge in [0.15, 0.2) is 6.04 Å². The van der Waals surface area contributed by atoms with Crippen molar-refractivity contribution in [2.24, 2.45) is 5.92 Å². The molecule has 0 aliphatic carbocycles. The summed E-state index contributed by atoms with van der Waals surface area (Å²) < 4.78 is 42.6. The lowest BCUT2D eigenvalue weighted by Crippen LogP contribution is -2.41. The predicted molar refractivity (Wildman–Crippen MR) is 113 cm³/mol. The molecular weight excluding hydrogens is 405 g/mol. The van der Waals surface area contributed by atoms with Crippen molar-refractivity contribution < 1.29 is 13.2 Å². The maximum Gasteiger partial charge on any atom is 0.410 e. The van der Waals surface area contributed by atoms with Crippen LogP contribution in [0.3, 0.4) is 0 Å². The van der Waals surface area contributed by atoms with E-state index in [1.54, 1.807) is 0 Å². The molecular formula is C22H31F3N6. The fourth-order valence-electron chi connectivity index (χ4n) is 4.62. The van der Waals surface area contributed by atoms with Gasteiger partial charge in [0.1, 0.15) is 11.6 Å². The van der Waals surface area contributed by atoms with Gasteiger partial charge in [0.2, 0.25) is 0 Å². The molecule has 1 saturated heterocycles. The van der Waals surface area contributed by atoms with Crippen LogP contribution in [0.2, 0.25) is 0 Å². The standard InChI is InChI=1S/C22H31F3N6/c1-4-20-26-11-15(12-27-20)13-30-8-6-5-7-18(30)17-10-21-28-16(14(2)3)9-19(22(23,24)25)31(21)29-17/h10-12,14,16,18-19,28H,4-9,13H2,1-3H3/t16-,18-,19+/m0/s1. The summed E-state index contributed by atoms with van der Waals surface area (Å²) in [6, 6.07) is 0.00983. The molecule has 170 valence electrons. The lowest BCUT2D eigenvalue weighted by molar-refractivity contribution is -0.174. The first-order valence-electron chi connectivity index (χ1n) is 11.2. The van der Waals surface area contributed by atoms with Crippen LogP contribution in [0.25, 0.3) is 0 Å². The van der Waals surface area contributed by atoms with Crippen molar-refractivity contribution in [3.05, 3.63) is 35.5 Å². The van der Waals surface area contributed by atoms with E-state index in [2.05, 4.69) is 25.3 Å². The van der Waals surface area contributed by atoms with Crippen LogP contribution in [0.5, 0.6) is 0 Å². The second-order valence-electron chi connectivity index (χ2n) is 9.03. The number of alkyl halides is 3. The molecule has 0 saturated carbocycles. The van der Waals surface area contributed by atoms with E-state index in [4.69, 9.17) is 0 Å². The van der Waals surface area contributed by atoms with Gasteiger partial charge in [-0.25, -0.2) is 14.6 Å². The Morgan fingerprint density at radius 2 is 1.94 bits per heavy atom. The molecule has 1 N–H and O–H groups in total. The number of halogens is 3. The molecule has 4 heterocycles. The van der Waals surface area contributed by atoms with Crippen LogP contribution in [-0.4, -0.2) is 43.4 Å². The number of hydrogen-bond donors (Lipinski definition) is 1. The zero-order valence-electron chi connectivity index (χ0n) is 18.4. The van der Waals surface area contributed by atoms with E-state index in [0.29, 0.717) is 18.1 Å². The van der Waals surface area contributed by atoms with Crippen LogP contribution in [0.1, 0.15) is 75.6 Å². The Balaban J connectivity index is 1.60. The second-order valence-corrected chi connectivity index (χ2v) is 9.03. The molecule has 31 heavy (non-hydrogen) atoms. The number of fused-ring (bicyclic) bond motifs is 1.